The van der Waals surface area contributed by atoms with Crippen LogP contribution in [0, 0.1) is 0 Å². The Balaban J connectivity index is 1.83. The third kappa shape index (κ3) is 4.03. The zero-order valence-electron chi connectivity index (χ0n) is 13.3. The molecule has 1 aromatic heterocycles. The molecule has 0 saturated carbocycles. The molecule has 25 heavy (non-hydrogen) atoms. The topological polar surface area (TPSA) is 61.1 Å². The Morgan fingerprint density at radius 1 is 0.840 bits per heavy atom. The molecule has 0 aliphatic rings. The lowest BCUT2D eigenvalue weighted by molar-refractivity contribution is 0.0970. The van der Waals surface area contributed by atoms with Gasteiger partial charge in [-0.2, -0.15) is 0 Å². The third-order valence-electron chi connectivity index (χ3n) is 3.81. The van der Waals surface area contributed by atoms with Crippen molar-refractivity contribution in [2.24, 2.45) is 0 Å². The van der Waals surface area contributed by atoms with Crippen molar-refractivity contribution >= 4 is 21.7 Å². The van der Waals surface area contributed by atoms with E-state index in [2.05, 4.69) is 15.9 Å². The number of halogens is 1. The predicted molar refractivity (Wildman–Crippen MR) is 99.0 cm³/mol. The van der Waals surface area contributed by atoms with Crippen molar-refractivity contribution in [2.45, 2.75) is 13.1 Å². The van der Waals surface area contributed by atoms with Gasteiger partial charge in [-0.25, -0.2) is 0 Å². The van der Waals surface area contributed by atoms with Crippen LogP contribution in [0.15, 0.2) is 81.1 Å². The average molecular weight is 399 g/mol. The molecule has 0 spiro atoms. The number of carbonyl (C=O) groups is 1. The molecular weight excluding hydrogens is 384 g/mol. The fourth-order valence-corrected chi connectivity index (χ4v) is 2.72. The molecule has 0 bridgehead atoms. The first-order valence-corrected chi connectivity index (χ1v) is 8.46. The minimum Gasteiger partial charge on any atom is -0.305 e. The van der Waals surface area contributed by atoms with E-state index in [9.17, 15) is 14.4 Å². The summed E-state index contributed by atoms with van der Waals surface area (Å²) in [6.45, 7) is 0.151. The van der Waals surface area contributed by atoms with Gasteiger partial charge in [0.1, 0.15) is 0 Å². The molecule has 5 nitrogen and oxygen atoms in total. The number of rotatable bonds is 5. The second kappa shape index (κ2) is 7.44. The fraction of sp³-hybridized carbons (Fsp3) is 0.105. The van der Waals surface area contributed by atoms with Gasteiger partial charge in [0.15, 0.2) is 5.78 Å². The third-order valence-corrected chi connectivity index (χ3v) is 4.34. The highest BCUT2D eigenvalue weighted by atomic mass is 79.9. The zero-order valence-corrected chi connectivity index (χ0v) is 14.8. The number of Topliss-reactive ketones (excluding diaryl/α,β-unsaturated/α-hetero) is 1. The number of carbonyl (C=O) groups excluding carboxylic acids is 1. The largest absolute Gasteiger partial charge is 0.316 e. The van der Waals surface area contributed by atoms with Crippen LogP contribution in [-0.2, 0) is 13.1 Å². The molecule has 3 rings (SSSR count). The van der Waals surface area contributed by atoms with Gasteiger partial charge >= 0.3 is 11.1 Å². The number of benzene rings is 2. The number of ketones is 1. The molecule has 0 unspecified atom stereocenters. The summed E-state index contributed by atoms with van der Waals surface area (Å²) in [5.74, 6) is -0.227. The molecule has 0 fully saturated rings. The minimum absolute atomic E-state index is 0.165. The lowest BCUT2D eigenvalue weighted by Gasteiger charge is -2.09. The number of hydrogen-bond acceptors (Lipinski definition) is 3. The Bertz CT molecular complexity index is 1010. The van der Waals surface area contributed by atoms with Gasteiger partial charge < -0.3 is 9.13 Å². The molecule has 6 heteroatoms. The molecular formula is C19H15BrN2O3. The van der Waals surface area contributed by atoms with Crippen LogP contribution in [0.2, 0.25) is 0 Å². The van der Waals surface area contributed by atoms with Crippen LogP contribution in [0.4, 0.5) is 0 Å². The molecule has 0 amide bonds. The maximum absolute atomic E-state index is 12.3. The number of aromatic nitrogens is 2. The lowest BCUT2D eigenvalue weighted by Crippen LogP contribution is -2.41. The summed E-state index contributed by atoms with van der Waals surface area (Å²) in [7, 11) is 0. The predicted octanol–water partition coefficient (Wildman–Crippen LogP) is 2.70. The van der Waals surface area contributed by atoms with Crippen LogP contribution in [0.5, 0.6) is 0 Å². The summed E-state index contributed by atoms with van der Waals surface area (Å²) in [5, 5.41) is 0. The molecule has 0 saturated heterocycles. The molecule has 0 N–H and O–H groups in total. The minimum atomic E-state index is -0.705. The van der Waals surface area contributed by atoms with E-state index >= 15 is 0 Å². The Labute approximate surface area is 152 Å². The van der Waals surface area contributed by atoms with Crippen LogP contribution in [0.3, 0.4) is 0 Å². The van der Waals surface area contributed by atoms with Crippen LogP contribution in [-0.4, -0.2) is 14.9 Å². The summed E-state index contributed by atoms with van der Waals surface area (Å²) in [6.07, 6.45) is 3.01. The van der Waals surface area contributed by atoms with Gasteiger partial charge in [0.2, 0.25) is 0 Å². The Morgan fingerprint density at radius 2 is 1.44 bits per heavy atom. The first kappa shape index (κ1) is 17.1. The highest BCUT2D eigenvalue weighted by Gasteiger charge is 2.11. The molecule has 0 aliphatic carbocycles. The number of nitrogens with zero attached hydrogens (tertiary/aromatic N) is 2. The summed E-state index contributed by atoms with van der Waals surface area (Å²) < 4.78 is 3.36. The lowest BCUT2D eigenvalue weighted by atomic mass is 10.1. The Hall–Kier alpha value is -2.73. The Kier molecular flexibility index (Phi) is 5.09. The van der Waals surface area contributed by atoms with Gasteiger partial charge in [0.25, 0.3) is 0 Å². The second-order valence-electron chi connectivity index (χ2n) is 5.58. The molecule has 3 aromatic rings. The molecule has 0 radical (unpaired) electrons. The van der Waals surface area contributed by atoms with Gasteiger partial charge in [0, 0.05) is 22.4 Å². The van der Waals surface area contributed by atoms with Crippen molar-refractivity contribution in [3.05, 3.63) is 103 Å². The van der Waals surface area contributed by atoms with E-state index in [0.717, 1.165) is 14.6 Å². The van der Waals surface area contributed by atoms with Crippen molar-refractivity contribution in [2.75, 3.05) is 0 Å². The first-order valence-electron chi connectivity index (χ1n) is 7.67. The van der Waals surface area contributed by atoms with Crippen molar-refractivity contribution in [1.82, 2.24) is 9.13 Å². The normalized spacial score (nSPS) is 10.6. The van der Waals surface area contributed by atoms with Crippen molar-refractivity contribution < 1.29 is 4.79 Å². The van der Waals surface area contributed by atoms with E-state index in [1.165, 1.54) is 17.0 Å². The van der Waals surface area contributed by atoms with E-state index in [1.807, 2.05) is 30.3 Å². The van der Waals surface area contributed by atoms with E-state index in [0.29, 0.717) is 12.1 Å². The van der Waals surface area contributed by atoms with E-state index in [4.69, 9.17) is 0 Å². The zero-order chi connectivity index (χ0) is 17.8. The van der Waals surface area contributed by atoms with E-state index < -0.39 is 11.1 Å². The van der Waals surface area contributed by atoms with Crippen molar-refractivity contribution in [3.63, 3.8) is 0 Å². The molecule has 2 aromatic carbocycles. The van der Waals surface area contributed by atoms with E-state index in [-0.39, 0.29) is 12.3 Å². The summed E-state index contributed by atoms with van der Waals surface area (Å²) in [5.41, 5.74) is 0.0649. The van der Waals surface area contributed by atoms with E-state index in [1.54, 1.807) is 24.3 Å². The van der Waals surface area contributed by atoms with Crippen molar-refractivity contribution in [3.8, 4) is 0 Å². The van der Waals surface area contributed by atoms with Crippen molar-refractivity contribution in [1.29, 1.82) is 0 Å². The Morgan fingerprint density at radius 3 is 2.12 bits per heavy atom. The van der Waals surface area contributed by atoms with Crippen LogP contribution >= 0.6 is 15.9 Å². The number of hydrogen-bond donors (Lipinski definition) is 0. The van der Waals surface area contributed by atoms with Crippen LogP contribution in [0.1, 0.15) is 15.9 Å². The smallest absolute Gasteiger partial charge is 0.305 e. The van der Waals surface area contributed by atoms with Crippen LogP contribution in [0.25, 0.3) is 0 Å². The van der Waals surface area contributed by atoms with Gasteiger partial charge in [0.05, 0.1) is 13.1 Å². The fourth-order valence-electron chi connectivity index (χ4n) is 2.45. The first-order chi connectivity index (χ1) is 12.0. The van der Waals surface area contributed by atoms with Gasteiger partial charge in [-0.15, -0.1) is 0 Å². The second-order valence-corrected chi connectivity index (χ2v) is 6.50. The molecule has 0 atom stereocenters. The highest BCUT2D eigenvalue weighted by molar-refractivity contribution is 9.10. The molecule has 0 aliphatic heterocycles. The monoisotopic (exact) mass is 398 g/mol. The maximum Gasteiger partial charge on any atom is 0.316 e. The summed E-state index contributed by atoms with van der Waals surface area (Å²) in [4.78, 5) is 36.8. The highest BCUT2D eigenvalue weighted by Crippen LogP contribution is 2.11. The SMILES string of the molecule is O=C(Cn1ccn(Cc2ccccc2)c(=O)c1=O)c1ccc(Br)cc1. The van der Waals surface area contributed by atoms with Gasteiger partial charge in [-0.1, -0.05) is 58.4 Å². The molecule has 1 heterocycles. The standard InChI is InChI=1S/C19H15BrN2O3/c20-16-8-6-15(7-9-16)17(23)13-22-11-10-21(18(24)19(22)25)12-14-4-2-1-3-5-14/h1-11H,12-13H2. The van der Waals surface area contributed by atoms with Gasteiger partial charge in [-0.05, 0) is 17.7 Å². The maximum atomic E-state index is 12.3. The summed E-state index contributed by atoms with van der Waals surface area (Å²) in [6, 6.07) is 16.3. The summed E-state index contributed by atoms with van der Waals surface area (Å²) >= 11 is 3.31. The molecule has 126 valence electrons. The average Bonchev–Trinajstić information content (AvgIpc) is 2.63. The van der Waals surface area contributed by atoms with Gasteiger partial charge in [-0.3, -0.25) is 14.4 Å². The quantitative estimate of drug-likeness (QED) is 0.490. The van der Waals surface area contributed by atoms with Crippen LogP contribution < -0.4 is 11.1 Å².